The van der Waals surface area contributed by atoms with Gasteiger partial charge in [-0.15, -0.1) is 0 Å². The molecular weight excluding hydrogens is 326 g/mol. The summed E-state index contributed by atoms with van der Waals surface area (Å²) < 4.78 is 21.2. The van der Waals surface area contributed by atoms with Crippen molar-refractivity contribution < 1.29 is 28.5 Å². The average molecular weight is 349 g/mol. The number of esters is 1. The predicted octanol–water partition coefficient (Wildman–Crippen LogP) is 1.94. The number of benzene rings is 1. The number of carbonyl (C=O) groups is 2. The first-order chi connectivity index (χ1) is 12.0. The van der Waals surface area contributed by atoms with E-state index in [9.17, 15) is 9.59 Å². The number of hydrogen-bond donors (Lipinski definition) is 1. The molecule has 0 saturated heterocycles. The molecule has 25 heavy (non-hydrogen) atoms. The third-order valence-corrected chi connectivity index (χ3v) is 3.63. The second-order valence-electron chi connectivity index (χ2n) is 5.57. The van der Waals surface area contributed by atoms with Crippen molar-refractivity contribution in [2.45, 2.75) is 26.3 Å². The van der Waals surface area contributed by atoms with Gasteiger partial charge in [0.2, 0.25) is 5.75 Å². The second-order valence-corrected chi connectivity index (χ2v) is 5.57. The van der Waals surface area contributed by atoms with Crippen molar-refractivity contribution in [3.8, 4) is 17.2 Å². The van der Waals surface area contributed by atoms with Crippen LogP contribution in [0.2, 0.25) is 0 Å². The Kier molecular flexibility index (Phi) is 6.68. The molecule has 1 heterocycles. The quantitative estimate of drug-likeness (QED) is 0.598. The maximum absolute atomic E-state index is 11.7. The van der Waals surface area contributed by atoms with Crippen LogP contribution in [0.5, 0.6) is 17.2 Å². The molecule has 0 radical (unpaired) electrons. The zero-order valence-corrected chi connectivity index (χ0v) is 14.7. The van der Waals surface area contributed by atoms with Crippen LogP contribution in [0, 0.1) is 0 Å². The number of carbonyl (C=O) groups excluding carboxylic acids is 2. The van der Waals surface area contributed by atoms with Crippen LogP contribution >= 0.6 is 0 Å². The van der Waals surface area contributed by atoms with Gasteiger partial charge in [0.25, 0.3) is 5.91 Å². The first-order valence-corrected chi connectivity index (χ1v) is 8.15. The fourth-order valence-electron chi connectivity index (χ4n) is 2.16. The fraction of sp³-hybridized carbons (Fsp3) is 0.444. The van der Waals surface area contributed by atoms with Crippen LogP contribution in [0.3, 0.4) is 0 Å². The van der Waals surface area contributed by atoms with Gasteiger partial charge in [-0.2, -0.15) is 0 Å². The molecule has 0 unspecified atom stereocenters. The predicted molar refractivity (Wildman–Crippen MR) is 91.9 cm³/mol. The first-order valence-electron chi connectivity index (χ1n) is 8.15. The van der Waals surface area contributed by atoms with Crippen molar-refractivity contribution in [1.82, 2.24) is 5.32 Å². The van der Waals surface area contributed by atoms with E-state index in [1.54, 1.807) is 18.2 Å². The molecule has 7 heteroatoms. The van der Waals surface area contributed by atoms with E-state index in [0.717, 1.165) is 6.42 Å². The molecule has 1 aromatic rings. The summed E-state index contributed by atoms with van der Waals surface area (Å²) in [6.45, 7) is 4.45. The molecule has 0 aromatic heterocycles. The summed E-state index contributed by atoms with van der Waals surface area (Å²) in [7, 11) is 1.53. The maximum Gasteiger partial charge on any atom is 0.331 e. The van der Waals surface area contributed by atoms with Crippen molar-refractivity contribution >= 4 is 18.0 Å². The van der Waals surface area contributed by atoms with Crippen molar-refractivity contribution in [3.05, 3.63) is 23.8 Å². The minimum atomic E-state index is -0.604. The highest BCUT2D eigenvalue weighted by atomic mass is 16.6. The van der Waals surface area contributed by atoms with Crippen LogP contribution in [-0.2, 0) is 14.3 Å². The van der Waals surface area contributed by atoms with Crippen molar-refractivity contribution in [2.24, 2.45) is 0 Å². The molecule has 0 saturated carbocycles. The zero-order chi connectivity index (χ0) is 18.2. The van der Waals surface area contributed by atoms with Crippen LogP contribution in [-0.4, -0.2) is 44.8 Å². The number of nitrogens with one attached hydrogen (secondary N) is 1. The van der Waals surface area contributed by atoms with Gasteiger partial charge in [-0.25, -0.2) is 4.79 Å². The third-order valence-electron chi connectivity index (χ3n) is 3.63. The van der Waals surface area contributed by atoms with Crippen LogP contribution in [0.4, 0.5) is 0 Å². The first kappa shape index (κ1) is 18.6. The number of amides is 1. The lowest BCUT2D eigenvalue weighted by atomic mass is 10.1. The summed E-state index contributed by atoms with van der Waals surface area (Å²) in [6, 6.07) is 3.52. The van der Waals surface area contributed by atoms with Crippen LogP contribution in [0.15, 0.2) is 18.2 Å². The summed E-state index contributed by atoms with van der Waals surface area (Å²) in [5, 5.41) is 2.72. The summed E-state index contributed by atoms with van der Waals surface area (Å²) >= 11 is 0. The minimum Gasteiger partial charge on any atom is -0.493 e. The van der Waals surface area contributed by atoms with E-state index in [-0.39, 0.29) is 18.6 Å². The SMILES string of the molecule is CC[C@@H](C)NC(=O)COC(=O)/C=C/c1cc(OC)c2c(c1)OCCO2. The fourth-order valence-corrected chi connectivity index (χ4v) is 2.16. The summed E-state index contributed by atoms with van der Waals surface area (Å²) in [5.74, 6) is 0.713. The number of methoxy groups -OCH3 is 1. The van der Waals surface area contributed by atoms with E-state index in [1.165, 1.54) is 13.2 Å². The molecule has 0 spiro atoms. The highest BCUT2D eigenvalue weighted by Gasteiger charge is 2.17. The molecule has 1 atom stereocenters. The van der Waals surface area contributed by atoms with Gasteiger partial charge in [0.1, 0.15) is 13.2 Å². The van der Waals surface area contributed by atoms with E-state index < -0.39 is 5.97 Å². The molecule has 2 rings (SSSR count). The van der Waals surface area contributed by atoms with Crippen LogP contribution in [0.1, 0.15) is 25.8 Å². The largest absolute Gasteiger partial charge is 0.493 e. The van der Waals surface area contributed by atoms with Gasteiger partial charge in [0.05, 0.1) is 7.11 Å². The Morgan fingerprint density at radius 3 is 2.80 bits per heavy atom. The molecule has 0 aliphatic carbocycles. The Bertz CT molecular complexity index is 638. The van der Waals surface area contributed by atoms with E-state index >= 15 is 0 Å². The normalized spacial score (nSPS) is 14.0. The molecule has 1 N–H and O–H groups in total. The van der Waals surface area contributed by atoms with Crippen molar-refractivity contribution in [2.75, 3.05) is 26.9 Å². The van der Waals surface area contributed by atoms with Gasteiger partial charge >= 0.3 is 5.97 Å². The number of fused-ring (bicyclic) bond motifs is 1. The molecule has 1 aromatic carbocycles. The molecule has 1 aliphatic heterocycles. The maximum atomic E-state index is 11.7. The Labute approximate surface area is 146 Å². The number of hydrogen-bond acceptors (Lipinski definition) is 6. The minimum absolute atomic E-state index is 0.0481. The van der Waals surface area contributed by atoms with Gasteiger partial charge in [-0.3, -0.25) is 4.79 Å². The smallest absolute Gasteiger partial charge is 0.331 e. The topological polar surface area (TPSA) is 83.1 Å². The van der Waals surface area contributed by atoms with Gasteiger partial charge in [0.15, 0.2) is 18.1 Å². The van der Waals surface area contributed by atoms with E-state index in [0.29, 0.717) is 36.0 Å². The Morgan fingerprint density at radius 1 is 1.32 bits per heavy atom. The van der Waals surface area contributed by atoms with Gasteiger partial charge in [-0.1, -0.05) is 6.92 Å². The van der Waals surface area contributed by atoms with Crippen molar-refractivity contribution in [3.63, 3.8) is 0 Å². The summed E-state index contributed by atoms with van der Waals surface area (Å²) in [4.78, 5) is 23.3. The molecule has 0 fully saturated rings. The molecule has 7 nitrogen and oxygen atoms in total. The van der Waals surface area contributed by atoms with Gasteiger partial charge in [-0.05, 0) is 37.1 Å². The lowest BCUT2D eigenvalue weighted by Gasteiger charge is -2.20. The molecule has 1 amide bonds. The Morgan fingerprint density at radius 2 is 2.08 bits per heavy atom. The average Bonchev–Trinajstić information content (AvgIpc) is 2.63. The molecule has 1 aliphatic rings. The van der Waals surface area contributed by atoms with Gasteiger partial charge in [0, 0.05) is 12.1 Å². The monoisotopic (exact) mass is 349 g/mol. The lowest BCUT2D eigenvalue weighted by Crippen LogP contribution is -2.35. The van der Waals surface area contributed by atoms with E-state index in [4.69, 9.17) is 18.9 Å². The summed E-state index contributed by atoms with van der Waals surface area (Å²) in [6.07, 6.45) is 3.63. The summed E-state index contributed by atoms with van der Waals surface area (Å²) in [5.41, 5.74) is 0.696. The van der Waals surface area contributed by atoms with Gasteiger partial charge < -0.3 is 24.3 Å². The van der Waals surface area contributed by atoms with Crippen LogP contribution in [0.25, 0.3) is 6.08 Å². The molecule has 0 bridgehead atoms. The highest BCUT2D eigenvalue weighted by molar-refractivity contribution is 5.89. The Balaban J connectivity index is 1.94. The number of rotatable bonds is 7. The Hall–Kier alpha value is -2.70. The van der Waals surface area contributed by atoms with Crippen molar-refractivity contribution in [1.29, 1.82) is 0 Å². The second kappa shape index (κ2) is 8.96. The van der Waals surface area contributed by atoms with E-state index in [2.05, 4.69) is 5.32 Å². The molecular formula is C18H23NO6. The van der Waals surface area contributed by atoms with E-state index in [1.807, 2.05) is 13.8 Å². The zero-order valence-electron chi connectivity index (χ0n) is 14.7. The number of ether oxygens (including phenoxy) is 4. The molecule has 136 valence electrons. The highest BCUT2D eigenvalue weighted by Crippen LogP contribution is 2.40. The lowest BCUT2D eigenvalue weighted by molar-refractivity contribution is -0.144. The van der Waals surface area contributed by atoms with Crippen LogP contribution < -0.4 is 19.5 Å². The third kappa shape index (κ3) is 5.41. The standard InChI is InChI=1S/C18H23NO6/c1-4-12(2)19-16(20)11-25-17(21)6-5-13-9-14(22-3)18-15(10-13)23-7-8-24-18/h5-6,9-10,12H,4,7-8,11H2,1-3H3,(H,19,20)/b6-5+/t12-/m1/s1.